The third-order valence-electron chi connectivity index (χ3n) is 3.69. The monoisotopic (exact) mass is 386 g/mol. The van der Waals surface area contributed by atoms with Crippen LogP contribution < -0.4 is 16.6 Å². The largest absolute Gasteiger partial charge is 0.477 e. The predicted octanol–water partition coefficient (Wildman–Crippen LogP) is 2.73. The molecule has 5 N–H and O–H groups in total. The minimum atomic E-state index is -1.36. The van der Waals surface area contributed by atoms with Gasteiger partial charge in [0.15, 0.2) is 5.13 Å². The Hall–Kier alpha value is -3.24. The first-order valence-corrected chi connectivity index (χ1v) is 8.93. The Morgan fingerprint density at radius 3 is 2.73 bits per heavy atom. The summed E-state index contributed by atoms with van der Waals surface area (Å²) in [7, 11) is 0. The molecule has 3 heterocycles. The van der Waals surface area contributed by atoms with Crippen molar-refractivity contribution in [2.75, 3.05) is 11.1 Å². The number of carbonyl (C=O) groups is 2. The predicted molar refractivity (Wildman–Crippen MR) is 101 cm³/mol. The second-order valence-corrected chi connectivity index (χ2v) is 7.40. The van der Waals surface area contributed by atoms with Gasteiger partial charge in [-0.3, -0.25) is 14.9 Å². The van der Waals surface area contributed by atoms with Gasteiger partial charge in [-0.05, 0) is 18.2 Å². The summed E-state index contributed by atoms with van der Waals surface area (Å²) in [5.41, 5.74) is 5.71. The number of pyridine rings is 1. The fourth-order valence-corrected chi connectivity index (χ4v) is 4.33. The smallest absolute Gasteiger partial charge is 0.341 e. The summed E-state index contributed by atoms with van der Waals surface area (Å²) >= 11 is 2.31. The molecule has 3 aromatic heterocycles. The average Bonchev–Trinajstić information content (AvgIpc) is 3.14. The second kappa shape index (κ2) is 5.93. The minimum Gasteiger partial charge on any atom is -0.477 e. The van der Waals surface area contributed by atoms with Crippen molar-refractivity contribution in [1.29, 1.82) is 0 Å². The number of thiazole rings is 1. The zero-order valence-corrected chi connectivity index (χ0v) is 14.5. The molecule has 0 atom stereocenters. The van der Waals surface area contributed by atoms with Gasteiger partial charge in [-0.2, -0.15) is 0 Å². The van der Waals surface area contributed by atoms with Crippen molar-refractivity contribution >= 4 is 65.8 Å². The Balaban J connectivity index is 1.73. The Kier molecular flexibility index (Phi) is 3.71. The van der Waals surface area contributed by atoms with Gasteiger partial charge < -0.3 is 15.8 Å². The highest BCUT2D eigenvalue weighted by Crippen LogP contribution is 2.33. The molecule has 1 amide bonds. The van der Waals surface area contributed by atoms with Crippen LogP contribution in [0.25, 0.3) is 20.4 Å². The Labute approximate surface area is 152 Å². The molecular weight excluding hydrogens is 376 g/mol. The van der Waals surface area contributed by atoms with Crippen LogP contribution in [0.3, 0.4) is 0 Å². The lowest BCUT2D eigenvalue weighted by molar-refractivity contribution is 0.0695. The van der Waals surface area contributed by atoms with Gasteiger partial charge in [-0.15, -0.1) is 11.3 Å². The molecule has 0 aliphatic carbocycles. The fourth-order valence-electron chi connectivity index (χ4n) is 2.48. The van der Waals surface area contributed by atoms with Crippen LogP contribution in [0.2, 0.25) is 0 Å². The number of aromatic nitrogens is 2. The van der Waals surface area contributed by atoms with E-state index in [1.807, 2.05) is 24.3 Å². The molecule has 0 unspecified atom stereocenters. The van der Waals surface area contributed by atoms with Gasteiger partial charge in [0.05, 0.1) is 15.9 Å². The number of carbonyl (C=O) groups excluding carboxylic acids is 1. The van der Waals surface area contributed by atoms with Crippen LogP contribution in [0.1, 0.15) is 20.0 Å². The number of amides is 1. The van der Waals surface area contributed by atoms with E-state index in [4.69, 9.17) is 10.8 Å². The molecule has 8 nitrogen and oxygen atoms in total. The molecule has 4 rings (SSSR count). The van der Waals surface area contributed by atoms with Crippen molar-refractivity contribution in [3.05, 3.63) is 51.1 Å². The molecule has 0 aliphatic heterocycles. The molecule has 0 saturated carbocycles. The molecule has 26 heavy (non-hydrogen) atoms. The summed E-state index contributed by atoms with van der Waals surface area (Å²) in [6, 6.07) is 8.65. The molecule has 10 heteroatoms. The van der Waals surface area contributed by atoms with Crippen LogP contribution in [-0.4, -0.2) is 27.0 Å². The van der Waals surface area contributed by atoms with Gasteiger partial charge in [-0.25, -0.2) is 9.78 Å². The van der Waals surface area contributed by atoms with Gasteiger partial charge >= 0.3 is 5.97 Å². The SMILES string of the molecule is Nc1c(C(=O)Nc2nc3ccccc3s2)sc2[nH]c(=O)c(C(=O)O)cc12. The van der Waals surface area contributed by atoms with Crippen LogP contribution >= 0.6 is 22.7 Å². The first-order valence-electron chi connectivity index (χ1n) is 7.29. The molecule has 0 radical (unpaired) electrons. The molecule has 0 bridgehead atoms. The zero-order chi connectivity index (χ0) is 18.4. The van der Waals surface area contributed by atoms with E-state index in [2.05, 4.69) is 15.3 Å². The van der Waals surface area contributed by atoms with E-state index in [1.54, 1.807) is 0 Å². The maximum Gasteiger partial charge on any atom is 0.341 e. The summed E-state index contributed by atoms with van der Waals surface area (Å²) in [5, 5.41) is 12.5. The third-order valence-corrected chi connectivity index (χ3v) is 5.78. The van der Waals surface area contributed by atoms with Gasteiger partial charge in [-0.1, -0.05) is 23.5 Å². The number of anilines is 2. The molecule has 0 spiro atoms. The number of nitrogens with one attached hydrogen (secondary N) is 2. The highest BCUT2D eigenvalue weighted by molar-refractivity contribution is 7.23. The number of aromatic carboxylic acids is 1. The number of nitrogen functional groups attached to an aromatic ring is 1. The number of nitrogens with two attached hydrogens (primary N) is 1. The summed E-state index contributed by atoms with van der Waals surface area (Å²) < 4.78 is 0.933. The number of benzene rings is 1. The average molecular weight is 386 g/mol. The molecule has 4 aromatic rings. The summed E-state index contributed by atoms with van der Waals surface area (Å²) in [6.45, 7) is 0. The number of thiophene rings is 1. The van der Waals surface area contributed by atoms with Crippen molar-refractivity contribution in [2.24, 2.45) is 0 Å². The highest BCUT2D eigenvalue weighted by Gasteiger charge is 2.20. The zero-order valence-electron chi connectivity index (χ0n) is 12.9. The number of aromatic amines is 1. The Bertz CT molecular complexity index is 1220. The Morgan fingerprint density at radius 1 is 1.23 bits per heavy atom. The number of fused-ring (bicyclic) bond motifs is 2. The van der Waals surface area contributed by atoms with Crippen molar-refractivity contribution in [1.82, 2.24) is 9.97 Å². The summed E-state index contributed by atoms with van der Waals surface area (Å²) in [5.74, 6) is -1.83. The molecule has 0 fully saturated rings. The van der Waals surface area contributed by atoms with E-state index < -0.39 is 23.0 Å². The van der Waals surface area contributed by atoms with E-state index in [9.17, 15) is 14.4 Å². The first-order chi connectivity index (χ1) is 12.4. The number of rotatable bonds is 3. The van der Waals surface area contributed by atoms with Crippen LogP contribution in [0.4, 0.5) is 10.8 Å². The van der Waals surface area contributed by atoms with E-state index >= 15 is 0 Å². The number of nitrogens with zero attached hydrogens (tertiary/aromatic N) is 1. The van der Waals surface area contributed by atoms with Gasteiger partial charge in [0.1, 0.15) is 15.3 Å². The molecule has 1 aromatic carbocycles. The fraction of sp³-hybridized carbons (Fsp3) is 0. The maximum absolute atomic E-state index is 12.6. The Morgan fingerprint density at radius 2 is 2.00 bits per heavy atom. The standard InChI is InChI=1S/C16H10N4O4S2/c17-10-6-5-7(15(23)24)12(21)19-14(6)26-11(10)13(22)20-16-18-8-3-1-2-4-9(8)25-16/h1-5H,17H2,(H,19,21)(H,23,24)(H,18,20,22). The van der Waals surface area contributed by atoms with E-state index in [1.165, 1.54) is 17.4 Å². The van der Waals surface area contributed by atoms with E-state index in [0.29, 0.717) is 15.3 Å². The normalized spacial score (nSPS) is 11.1. The number of H-pyrrole nitrogens is 1. The summed E-state index contributed by atoms with van der Waals surface area (Å²) in [6.07, 6.45) is 0. The highest BCUT2D eigenvalue weighted by atomic mass is 32.1. The second-order valence-electron chi connectivity index (χ2n) is 5.35. The minimum absolute atomic E-state index is 0.113. The first kappa shape index (κ1) is 16.2. The van der Waals surface area contributed by atoms with Crippen LogP contribution in [0.15, 0.2) is 35.1 Å². The van der Waals surface area contributed by atoms with Gasteiger partial charge in [0.2, 0.25) is 0 Å². The molecule has 0 aliphatic rings. The lowest BCUT2D eigenvalue weighted by atomic mass is 10.2. The number of para-hydroxylation sites is 1. The van der Waals surface area contributed by atoms with Crippen LogP contribution in [0.5, 0.6) is 0 Å². The van der Waals surface area contributed by atoms with Crippen molar-refractivity contribution in [3.8, 4) is 0 Å². The molecule has 130 valence electrons. The van der Waals surface area contributed by atoms with Crippen molar-refractivity contribution in [3.63, 3.8) is 0 Å². The summed E-state index contributed by atoms with van der Waals surface area (Å²) in [4.78, 5) is 42.7. The number of carboxylic acid groups (broad SMARTS) is 1. The maximum atomic E-state index is 12.6. The number of carboxylic acids is 1. The van der Waals surface area contributed by atoms with Crippen LogP contribution in [0, 0.1) is 0 Å². The van der Waals surface area contributed by atoms with Crippen molar-refractivity contribution in [2.45, 2.75) is 0 Å². The van der Waals surface area contributed by atoms with Gasteiger partial charge in [0.25, 0.3) is 11.5 Å². The van der Waals surface area contributed by atoms with E-state index in [-0.39, 0.29) is 10.6 Å². The topological polar surface area (TPSA) is 138 Å². The van der Waals surface area contributed by atoms with Crippen LogP contribution in [-0.2, 0) is 0 Å². The molecule has 0 saturated heterocycles. The number of hydrogen-bond donors (Lipinski definition) is 4. The van der Waals surface area contributed by atoms with Gasteiger partial charge in [0, 0.05) is 5.39 Å². The quantitative estimate of drug-likeness (QED) is 0.427. The lowest BCUT2D eigenvalue weighted by Crippen LogP contribution is -2.16. The third kappa shape index (κ3) is 2.61. The number of hydrogen-bond acceptors (Lipinski definition) is 7. The van der Waals surface area contributed by atoms with E-state index in [0.717, 1.165) is 21.6 Å². The van der Waals surface area contributed by atoms with Crippen molar-refractivity contribution < 1.29 is 14.7 Å². The molecular formula is C16H10N4O4S2. The lowest BCUT2D eigenvalue weighted by Gasteiger charge is -1.99.